The van der Waals surface area contributed by atoms with Gasteiger partial charge in [0.05, 0.1) is 4.83 Å². The van der Waals surface area contributed by atoms with Gasteiger partial charge in [-0.1, -0.05) is 36.7 Å². The smallest absolute Gasteiger partial charge is 0.218 e. The van der Waals surface area contributed by atoms with Crippen LogP contribution in [-0.2, 0) is 9.59 Å². The summed E-state index contributed by atoms with van der Waals surface area (Å²) in [6.45, 7) is 9.79. The van der Waals surface area contributed by atoms with E-state index in [-0.39, 0.29) is 28.0 Å². The largest absolute Gasteiger partial charge is 0.332 e. The Morgan fingerprint density at radius 3 is 1.95 bits per heavy atom. The van der Waals surface area contributed by atoms with Gasteiger partial charge in [-0.15, -0.1) is 0 Å². The van der Waals surface area contributed by atoms with Gasteiger partial charge in [-0.05, 0) is 23.7 Å². The highest BCUT2D eigenvalue weighted by molar-refractivity contribution is 9.09. The van der Waals surface area contributed by atoms with Crippen molar-refractivity contribution in [3.8, 4) is 0 Å². The molecule has 5 heteroatoms. The van der Waals surface area contributed by atoms with Crippen LogP contribution in [0.15, 0.2) is 0 Å². The first-order chi connectivity index (χ1) is 8.63. The van der Waals surface area contributed by atoms with Crippen LogP contribution in [0.5, 0.6) is 0 Å². The maximum Gasteiger partial charge on any atom is 0.218 e. The van der Waals surface area contributed by atoms with E-state index in [0.717, 1.165) is 6.42 Å². The second-order valence-electron chi connectivity index (χ2n) is 6.69. The van der Waals surface area contributed by atoms with Crippen LogP contribution in [0.2, 0.25) is 0 Å². The third kappa shape index (κ3) is 2.01. The molecule has 2 aliphatic carbocycles. The van der Waals surface area contributed by atoms with E-state index in [1.54, 1.807) is 0 Å². The summed E-state index contributed by atoms with van der Waals surface area (Å²) in [4.78, 5) is 23.3. The van der Waals surface area contributed by atoms with Crippen molar-refractivity contribution in [3.63, 3.8) is 0 Å². The van der Waals surface area contributed by atoms with E-state index in [0.29, 0.717) is 11.8 Å². The summed E-state index contributed by atoms with van der Waals surface area (Å²) < 4.78 is 0. The number of fused-ring (bicyclic) bond motifs is 2. The quantitative estimate of drug-likeness (QED) is 0.601. The monoisotopic (exact) mass is 330 g/mol. The molecule has 0 aromatic carbocycles. The molecule has 2 amide bonds. The second kappa shape index (κ2) is 4.47. The van der Waals surface area contributed by atoms with Crippen molar-refractivity contribution in [2.75, 3.05) is 0 Å². The van der Waals surface area contributed by atoms with Crippen LogP contribution in [-0.4, -0.2) is 22.3 Å². The van der Waals surface area contributed by atoms with Gasteiger partial charge in [0.25, 0.3) is 0 Å². The zero-order valence-corrected chi connectivity index (χ0v) is 13.8. The minimum Gasteiger partial charge on any atom is -0.332 e. The molecule has 19 heavy (non-hydrogen) atoms. The van der Waals surface area contributed by atoms with Gasteiger partial charge in [0.1, 0.15) is 5.66 Å². The number of hydrogen-bond donors (Lipinski definition) is 2. The van der Waals surface area contributed by atoms with E-state index in [9.17, 15) is 9.59 Å². The molecular formula is C14H23BrN2O2. The maximum atomic E-state index is 11.6. The lowest BCUT2D eigenvalue weighted by atomic mass is 9.65. The first-order valence-electron chi connectivity index (χ1n) is 6.84. The topological polar surface area (TPSA) is 58.2 Å². The van der Waals surface area contributed by atoms with Gasteiger partial charge in [-0.25, -0.2) is 0 Å². The number of nitrogens with one attached hydrogen (secondary N) is 2. The van der Waals surface area contributed by atoms with Crippen molar-refractivity contribution >= 4 is 27.7 Å². The average Bonchev–Trinajstić information content (AvgIpc) is 2.62. The van der Waals surface area contributed by atoms with Crippen LogP contribution in [0.4, 0.5) is 0 Å². The summed E-state index contributed by atoms with van der Waals surface area (Å²) in [6, 6.07) is 0. The predicted molar refractivity (Wildman–Crippen MR) is 77.6 cm³/mol. The molecule has 0 aliphatic heterocycles. The standard InChI is InChI=1S/C14H23BrN2O2/c1-7-10-6-11(13(7,4)5)12(15)14(10,16-8(2)18)17-9(3)19/h7,10-12H,6H2,1-5H3,(H,16,18)(H,17,19)/t7-,10+,11-,12-/m1/s1. The van der Waals surface area contributed by atoms with Crippen molar-refractivity contribution in [2.45, 2.75) is 51.5 Å². The van der Waals surface area contributed by atoms with E-state index in [1.165, 1.54) is 13.8 Å². The molecule has 2 N–H and O–H groups in total. The molecule has 0 spiro atoms. The highest BCUT2D eigenvalue weighted by Crippen LogP contribution is 2.64. The van der Waals surface area contributed by atoms with E-state index in [1.807, 2.05) is 0 Å². The fourth-order valence-electron chi connectivity index (χ4n) is 4.17. The first kappa shape index (κ1) is 14.8. The molecule has 0 radical (unpaired) electrons. The Bertz CT molecular complexity index is 406. The van der Waals surface area contributed by atoms with Crippen molar-refractivity contribution in [2.24, 2.45) is 23.2 Å². The number of hydrogen-bond acceptors (Lipinski definition) is 2. The molecule has 4 nitrogen and oxygen atoms in total. The molecule has 2 rings (SSSR count). The summed E-state index contributed by atoms with van der Waals surface area (Å²) in [7, 11) is 0. The van der Waals surface area contributed by atoms with Crippen molar-refractivity contribution < 1.29 is 9.59 Å². The molecular weight excluding hydrogens is 308 g/mol. The van der Waals surface area contributed by atoms with Gasteiger partial charge in [-0.3, -0.25) is 9.59 Å². The number of amides is 2. The number of carbonyl (C=O) groups excluding carboxylic acids is 2. The second-order valence-corrected chi connectivity index (χ2v) is 7.68. The van der Waals surface area contributed by atoms with Crippen molar-refractivity contribution in [1.29, 1.82) is 0 Å². The molecule has 2 fully saturated rings. The summed E-state index contributed by atoms with van der Waals surface area (Å²) >= 11 is 3.75. The molecule has 0 aromatic rings. The van der Waals surface area contributed by atoms with Gasteiger partial charge < -0.3 is 10.6 Å². The summed E-state index contributed by atoms with van der Waals surface area (Å²) in [5.74, 6) is 0.965. The van der Waals surface area contributed by atoms with Gasteiger partial charge in [0.15, 0.2) is 0 Å². The van der Waals surface area contributed by atoms with Crippen LogP contribution in [0.3, 0.4) is 0 Å². The van der Waals surface area contributed by atoms with E-state index >= 15 is 0 Å². The van der Waals surface area contributed by atoms with Gasteiger partial charge >= 0.3 is 0 Å². The van der Waals surface area contributed by atoms with Gasteiger partial charge in [0, 0.05) is 19.8 Å². The van der Waals surface area contributed by atoms with Gasteiger partial charge in [-0.2, -0.15) is 0 Å². The SMILES string of the molecule is CC(=O)NC1(NC(C)=O)[C@H](Br)[C@H]2C[C@H]1[C@@H](C)C2(C)C. The molecule has 2 bridgehead atoms. The Balaban J connectivity index is 2.40. The Morgan fingerprint density at radius 2 is 1.58 bits per heavy atom. The number of alkyl halides is 1. The van der Waals surface area contributed by atoms with Gasteiger partial charge in [0.2, 0.25) is 11.8 Å². The van der Waals surface area contributed by atoms with Crippen LogP contribution in [0, 0.1) is 23.2 Å². The lowest BCUT2D eigenvalue weighted by Crippen LogP contribution is -2.70. The highest BCUT2D eigenvalue weighted by Gasteiger charge is 2.67. The van der Waals surface area contributed by atoms with E-state index in [4.69, 9.17) is 0 Å². The third-order valence-corrected chi connectivity index (χ3v) is 6.74. The Kier molecular flexibility index (Phi) is 3.49. The first-order valence-corrected chi connectivity index (χ1v) is 7.76. The molecule has 0 heterocycles. The van der Waals surface area contributed by atoms with Crippen LogP contribution < -0.4 is 10.6 Å². The molecule has 0 aromatic heterocycles. The summed E-state index contributed by atoms with van der Waals surface area (Å²) in [5.41, 5.74) is -0.420. The molecule has 2 saturated carbocycles. The Morgan fingerprint density at radius 1 is 1.11 bits per heavy atom. The van der Waals surface area contributed by atoms with E-state index in [2.05, 4.69) is 47.3 Å². The minimum absolute atomic E-state index is 0.0731. The van der Waals surface area contributed by atoms with Crippen LogP contribution in [0.1, 0.15) is 41.0 Å². The fourth-order valence-corrected chi connectivity index (χ4v) is 5.64. The number of carbonyl (C=O) groups is 2. The van der Waals surface area contributed by atoms with Crippen molar-refractivity contribution in [3.05, 3.63) is 0 Å². The molecule has 4 atom stereocenters. The van der Waals surface area contributed by atoms with Crippen LogP contribution >= 0.6 is 15.9 Å². The molecule has 108 valence electrons. The third-order valence-electron chi connectivity index (χ3n) is 5.38. The highest BCUT2D eigenvalue weighted by atomic mass is 79.9. The maximum absolute atomic E-state index is 11.6. The number of halogens is 1. The normalized spacial score (nSPS) is 38.0. The van der Waals surface area contributed by atoms with Crippen molar-refractivity contribution in [1.82, 2.24) is 10.6 Å². The zero-order chi connectivity index (χ0) is 14.6. The summed E-state index contributed by atoms with van der Waals surface area (Å²) in [6.07, 6.45) is 1.03. The molecule has 0 saturated heterocycles. The number of rotatable bonds is 2. The fraction of sp³-hybridized carbons (Fsp3) is 0.857. The lowest BCUT2D eigenvalue weighted by molar-refractivity contribution is -0.127. The van der Waals surface area contributed by atoms with Crippen LogP contribution in [0.25, 0.3) is 0 Å². The van der Waals surface area contributed by atoms with E-state index < -0.39 is 5.66 Å². The summed E-state index contributed by atoms with van der Waals surface area (Å²) in [5, 5.41) is 6.04. The molecule has 0 unspecified atom stereocenters. The predicted octanol–water partition coefficient (Wildman–Crippen LogP) is 2.03. The Hall–Kier alpha value is -0.580. The lowest BCUT2D eigenvalue weighted by Gasteiger charge is -2.50. The Labute approximate surface area is 123 Å². The minimum atomic E-state index is -0.642. The molecule has 2 aliphatic rings. The zero-order valence-electron chi connectivity index (χ0n) is 12.2. The average molecular weight is 331 g/mol.